The maximum atomic E-state index is 2.40. The molecule has 2 rings (SSSR count). The Morgan fingerprint density at radius 1 is 0.864 bits per heavy atom. The van der Waals surface area contributed by atoms with Gasteiger partial charge in [0.05, 0.1) is 19.2 Å². The molecule has 22 heavy (non-hydrogen) atoms. The van der Waals surface area contributed by atoms with Crippen molar-refractivity contribution < 1.29 is 4.57 Å². The molecule has 0 saturated heterocycles. The SMILES string of the molecule is CCCCCCCCCC[n+]1ccn(C)c1-c1ccccc1. The van der Waals surface area contributed by atoms with Gasteiger partial charge in [0.15, 0.2) is 0 Å². The van der Waals surface area contributed by atoms with Gasteiger partial charge in [0, 0.05) is 0 Å². The van der Waals surface area contributed by atoms with Crippen molar-refractivity contribution in [3.63, 3.8) is 0 Å². The van der Waals surface area contributed by atoms with Gasteiger partial charge >= 0.3 is 0 Å². The first kappa shape index (κ1) is 16.8. The van der Waals surface area contributed by atoms with E-state index in [2.05, 4.69) is 65.8 Å². The van der Waals surface area contributed by atoms with E-state index in [1.54, 1.807) is 0 Å². The molecule has 0 aliphatic heterocycles. The maximum absolute atomic E-state index is 2.40. The molecule has 0 unspecified atom stereocenters. The van der Waals surface area contributed by atoms with Crippen LogP contribution in [0.5, 0.6) is 0 Å². The molecule has 0 bridgehead atoms. The standard InChI is InChI=1S/C20H31N2/c1-3-4-5-6-7-8-9-13-16-22-18-17-21(2)20(22)19-14-11-10-12-15-19/h10-12,14-15,17-18H,3-9,13,16H2,1-2H3/q+1. The highest BCUT2D eigenvalue weighted by Crippen LogP contribution is 2.15. The van der Waals surface area contributed by atoms with Crippen LogP contribution >= 0.6 is 0 Å². The van der Waals surface area contributed by atoms with E-state index in [0.29, 0.717) is 0 Å². The fraction of sp³-hybridized carbons (Fsp3) is 0.550. The van der Waals surface area contributed by atoms with Crippen LogP contribution < -0.4 is 4.57 Å². The Morgan fingerprint density at radius 3 is 2.18 bits per heavy atom. The Kier molecular flexibility index (Phi) is 7.21. The van der Waals surface area contributed by atoms with Crippen LogP contribution in [0.2, 0.25) is 0 Å². The molecule has 0 fully saturated rings. The van der Waals surface area contributed by atoms with Crippen molar-refractivity contribution in [2.75, 3.05) is 0 Å². The summed E-state index contributed by atoms with van der Waals surface area (Å²) in [5, 5.41) is 0. The molecule has 0 spiro atoms. The lowest BCUT2D eigenvalue weighted by Gasteiger charge is -2.04. The molecule has 2 heteroatoms. The summed E-state index contributed by atoms with van der Waals surface area (Å²) in [6.45, 7) is 3.40. The van der Waals surface area contributed by atoms with Gasteiger partial charge in [-0.15, -0.1) is 0 Å². The van der Waals surface area contributed by atoms with Crippen molar-refractivity contribution in [2.24, 2.45) is 7.05 Å². The summed E-state index contributed by atoms with van der Waals surface area (Å²) in [5.74, 6) is 1.31. The Balaban J connectivity index is 1.77. The van der Waals surface area contributed by atoms with E-state index >= 15 is 0 Å². The summed E-state index contributed by atoms with van der Waals surface area (Å²) in [6, 6.07) is 10.7. The van der Waals surface area contributed by atoms with Crippen molar-refractivity contribution >= 4 is 0 Å². The van der Waals surface area contributed by atoms with Gasteiger partial charge in [-0.25, -0.2) is 9.13 Å². The lowest BCUT2D eigenvalue weighted by Crippen LogP contribution is -2.34. The van der Waals surface area contributed by atoms with Gasteiger partial charge in [-0.05, 0) is 25.0 Å². The van der Waals surface area contributed by atoms with Crippen LogP contribution in [0.3, 0.4) is 0 Å². The summed E-state index contributed by atoms with van der Waals surface area (Å²) in [4.78, 5) is 0. The Bertz CT molecular complexity index is 528. The number of nitrogens with zero attached hydrogens (tertiary/aromatic N) is 2. The average Bonchev–Trinajstić information content (AvgIpc) is 2.91. The molecule has 1 aromatic heterocycles. The maximum Gasteiger partial charge on any atom is 0.288 e. The van der Waals surface area contributed by atoms with Crippen molar-refractivity contribution in [3.8, 4) is 11.4 Å². The molecule has 1 heterocycles. The number of aromatic nitrogens is 2. The molecule has 2 aromatic rings. The lowest BCUT2D eigenvalue weighted by molar-refractivity contribution is -0.685. The molecule has 120 valence electrons. The van der Waals surface area contributed by atoms with Crippen molar-refractivity contribution in [1.29, 1.82) is 0 Å². The molecule has 0 radical (unpaired) electrons. The zero-order chi connectivity index (χ0) is 15.6. The summed E-state index contributed by atoms with van der Waals surface area (Å²) in [5.41, 5.74) is 1.30. The third-order valence-corrected chi connectivity index (χ3v) is 4.36. The minimum absolute atomic E-state index is 1.13. The van der Waals surface area contributed by atoms with Gasteiger partial charge in [-0.3, -0.25) is 0 Å². The molecule has 1 aromatic carbocycles. The van der Waals surface area contributed by atoms with E-state index in [-0.39, 0.29) is 0 Å². The zero-order valence-corrected chi connectivity index (χ0v) is 14.3. The number of unbranched alkanes of at least 4 members (excludes halogenated alkanes) is 7. The number of aryl methyl sites for hydroxylation is 2. The molecule has 0 aliphatic carbocycles. The van der Waals surface area contributed by atoms with E-state index in [9.17, 15) is 0 Å². The Hall–Kier alpha value is -1.57. The number of benzene rings is 1. The third kappa shape index (κ3) is 5.01. The van der Waals surface area contributed by atoms with Crippen molar-refractivity contribution in [1.82, 2.24) is 4.57 Å². The second kappa shape index (κ2) is 9.45. The quantitative estimate of drug-likeness (QED) is 0.425. The summed E-state index contributed by atoms with van der Waals surface area (Å²) >= 11 is 0. The predicted octanol–water partition coefficient (Wildman–Crippen LogP) is 5.12. The van der Waals surface area contributed by atoms with E-state index in [1.807, 2.05) is 0 Å². The fourth-order valence-corrected chi connectivity index (χ4v) is 3.08. The first-order valence-electron chi connectivity index (χ1n) is 8.93. The molecule has 0 amide bonds. The van der Waals surface area contributed by atoms with Crippen molar-refractivity contribution in [2.45, 2.75) is 64.8 Å². The highest BCUT2D eigenvalue weighted by atomic mass is 15.1. The van der Waals surface area contributed by atoms with Gasteiger partial charge in [-0.2, -0.15) is 0 Å². The van der Waals surface area contributed by atoms with Crippen LogP contribution in [0.25, 0.3) is 11.4 Å². The first-order chi connectivity index (χ1) is 10.8. The zero-order valence-electron chi connectivity index (χ0n) is 14.3. The minimum atomic E-state index is 1.13. The predicted molar refractivity (Wildman–Crippen MR) is 93.7 cm³/mol. The highest BCUT2D eigenvalue weighted by molar-refractivity contribution is 5.52. The van der Waals surface area contributed by atoms with E-state index in [4.69, 9.17) is 0 Å². The summed E-state index contributed by atoms with van der Waals surface area (Å²) in [6.07, 6.45) is 15.4. The lowest BCUT2D eigenvalue weighted by atomic mass is 10.1. The second-order valence-corrected chi connectivity index (χ2v) is 6.27. The largest absolute Gasteiger partial charge is 0.288 e. The van der Waals surface area contributed by atoms with Gasteiger partial charge < -0.3 is 0 Å². The van der Waals surface area contributed by atoms with Gasteiger partial charge in [0.25, 0.3) is 5.82 Å². The molecule has 2 nitrogen and oxygen atoms in total. The molecule has 0 saturated carbocycles. The smallest absolute Gasteiger partial charge is 0.233 e. The second-order valence-electron chi connectivity index (χ2n) is 6.27. The van der Waals surface area contributed by atoms with E-state index in [1.165, 1.54) is 62.8 Å². The van der Waals surface area contributed by atoms with Crippen LogP contribution in [0.1, 0.15) is 58.3 Å². The van der Waals surface area contributed by atoms with Gasteiger partial charge in [-0.1, -0.05) is 63.6 Å². The highest BCUT2D eigenvalue weighted by Gasteiger charge is 2.15. The monoisotopic (exact) mass is 299 g/mol. The number of hydrogen-bond acceptors (Lipinski definition) is 0. The van der Waals surface area contributed by atoms with Crippen LogP contribution in [-0.2, 0) is 13.6 Å². The van der Waals surface area contributed by atoms with Crippen LogP contribution in [0, 0.1) is 0 Å². The molecule has 0 aliphatic rings. The molecular formula is C20H31N2+. The van der Waals surface area contributed by atoms with Crippen LogP contribution in [-0.4, -0.2) is 4.57 Å². The molecule has 0 atom stereocenters. The number of imidazole rings is 1. The van der Waals surface area contributed by atoms with E-state index in [0.717, 1.165) is 6.54 Å². The molecule has 0 N–H and O–H groups in total. The average molecular weight is 299 g/mol. The first-order valence-corrected chi connectivity index (χ1v) is 8.93. The van der Waals surface area contributed by atoms with Crippen LogP contribution in [0.15, 0.2) is 42.7 Å². The van der Waals surface area contributed by atoms with Crippen molar-refractivity contribution in [3.05, 3.63) is 42.7 Å². The van der Waals surface area contributed by atoms with Crippen LogP contribution in [0.4, 0.5) is 0 Å². The fourth-order valence-electron chi connectivity index (χ4n) is 3.08. The third-order valence-electron chi connectivity index (χ3n) is 4.36. The number of rotatable bonds is 10. The summed E-state index contributed by atoms with van der Waals surface area (Å²) < 4.78 is 4.62. The topological polar surface area (TPSA) is 8.81 Å². The van der Waals surface area contributed by atoms with Gasteiger partial charge in [0.2, 0.25) is 0 Å². The van der Waals surface area contributed by atoms with E-state index < -0.39 is 0 Å². The normalized spacial score (nSPS) is 11.0. The molecular weight excluding hydrogens is 268 g/mol. The number of hydrogen-bond donors (Lipinski definition) is 0. The van der Waals surface area contributed by atoms with Gasteiger partial charge in [0.1, 0.15) is 12.4 Å². The minimum Gasteiger partial charge on any atom is -0.233 e. The summed E-state index contributed by atoms with van der Waals surface area (Å²) in [7, 11) is 2.13. The Morgan fingerprint density at radius 2 is 1.50 bits per heavy atom. The Labute approximate surface area is 135 Å².